The number of rotatable bonds is 7. The Morgan fingerprint density at radius 2 is 2.09 bits per heavy atom. The molecular formula is C23H29N7O2. The Bertz CT molecular complexity index is 1130. The van der Waals surface area contributed by atoms with Gasteiger partial charge in [-0.2, -0.15) is 5.10 Å². The zero-order valence-corrected chi connectivity index (χ0v) is 19.1. The number of amides is 1. The summed E-state index contributed by atoms with van der Waals surface area (Å²) in [5, 5.41) is 10.8. The number of ether oxygens (including phenoxy) is 1. The van der Waals surface area contributed by atoms with Crippen molar-refractivity contribution in [1.82, 2.24) is 19.7 Å². The maximum atomic E-state index is 12.5. The van der Waals surface area contributed by atoms with E-state index in [1.165, 1.54) is 0 Å². The summed E-state index contributed by atoms with van der Waals surface area (Å²) in [6.45, 7) is 7.16. The largest absolute Gasteiger partial charge is 0.481 e. The number of nitrogens with one attached hydrogen (secondary N) is 2. The lowest BCUT2D eigenvalue weighted by atomic mass is 9.98. The van der Waals surface area contributed by atoms with Crippen LogP contribution in [0.5, 0.6) is 5.88 Å². The molecule has 0 spiro atoms. The molecule has 0 saturated heterocycles. The molecule has 9 heteroatoms. The first kappa shape index (κ1) is 21.6. The van der Waals surface area contributed by atoms with Gasteiger partial charge in [0.05, 0.1) is 42.6 Å². The summed E-state index contributed by atoms with van der Waals surface area (Å²) in [7, 11) is 3.57. The summed E-state index contributed by atoms with van der Waals surface area (Å²) in [5.74, 6) is 1.56. The van der Waals surface area contributed by atoms with Crippen molar-refractivity contribution in [1.29, 1.82) is 0 Å². The molecule has 0 saturated carbocycles. The second-order valence-corrected chi connectivity index (χ2v) is 8.35. The third kappa shape index (κ3) is 4.37. The summed E-state index contributed by atoms with van der Waals surface area (Å²) in [6, 6.07) is 7.46. The Hall–Kier alpha value is -3.62. The Labute approximate surface area is 187 Å². The maximum absolute atomic E-state index is 12.5. The van der Waals surface area contributed by atoms with Gasteiger partial charge < -0.3 is 20.3 Å². The molecule has 32 heavy (non-hydrogen) atoms. The number of carbonyl (C=O) groups is 1. The van der Waals surface area contributed by atoms with Gasteiger partial charge in [0, 0.05) is 37.5 Å². The van der Waals surface area contributed by atoms with Crippen LogP contribution >= 0.6 is 0 Å². The van der Waals surface area contributed by atoms with Crippen molar-refractivity contribution in [3.63, 3.8) is 0 Å². The van der Waals surface area contributed by atoms with Gasteiger partial charge in [-0.25, -0.2) is 9.97 Å². The number of fused-ring (bicyclic) bond motifs is 1. The summed E-state index contributed by atoms with van der Waals surface area (Å²) in [4.78, 5) is 23.6. The molecule has 1 aliphatic heterocycles. The second kappa shape index (κ2) is 8.86. The van der Waals surface area contributed by atoms with Crippen LogP contribution in [0.4, 0.5) is 17.2 Å². The SMILES string of the molecule is COc1cccc(Cn2cc(CNc3cc4c(c(C)n3)NC(=O)[C@H](C(C)C)N4C)cn2)n1. The normalized spacial score (nSPS) is 15.5. The van der Waals surface area contributed by atoms with Crippen LogP contribution < -0.4 is 20.3 Å². The van der Waals surface area contributed by atoms with Crippen LogP contribution in [0.3, 0.4) is 0 Å². The first-order valence-corrected chi connectivity index (χ1v) is 10.7. The lowest BCUT2D eigenvalue weighted by molar-refractivity contribution is -0.118. The van der Waals surface area contributed by atoms with E-state index >= 15 is 0 Å². The molecule has 4 rings (SSSR count). The number of carbonyl (C=O) groups excluding carboxylic acids is 1. The second-order valence-electron chi connectivity index (χ2n) is 8.35. The lowest BCUT2D eigenvalue weighted by Gasteiger charge is -2.38. The number of anilines is 3. The minimum absolute atomic E-state index is 0.0125. The van der Waals surface area contributed by atoms with Gasteiger partial charge in [0.1, 0.15) is 11.9 Å². The van der Waals surface area contributed by atoms with Gasteiger partial charge in [0.15, 0.2) is 0 Å². The Kier molecular flexibility index (Phi) is 5.98. The van der Waals surface area contributed by atoms with Gasteiger partial charge in [0.25, 0.3) is 0 Å². The molecule has 0 fully saturated rings. The van der Waals surface area contributed by atoms with E-state index in [9.17, 15) is 4.79 Å². The van der Waals surface area contributed by atoms with E-state index in [2.05, 4.69) is 39.5 Å². The third-order valence-corrected chi connectivity index (χ3v) is 5.60. The van der Waals surface area contributed by atoms with E-state index in [0.717, 1.165) is 34.1 Å². The fourth-order valence-corrected chi connectivity index (χ4v) is 4.05. The average molecular weight is 436 g/mol. The summed E-state index contributed by atoms with van der Waals surface area (Å²) >= 11 is 0. The van der Waals surface area contributed by atoms with Crippen molar-refractivity contribution in [2.45, 2.75) is 39.9 Å². The van der Waals surface area contributed by atoms with E-state index < -0.39 is 0 Å². The summed E-state index contributed by atoms with van der Waals surface area (Å²) in [6.07, 6.45) is 3.82. The quantitative estimate of drug-likeness (QED) is 0.589. The Morgan fingerprint density at radius 3 is 2.84 bits per heavy atom. The molecule has 2 N–H and O–H groups in total. The van der Waals surface area contributed by atoms with Gasteiger partial charge in [-0.05, 0) is 18.9 Å². The maximum Gasteiger partial charge on any atom is 0.247 e. The van der Waals surface area contributed by atoms with Crippen molar-refractivity contribution in [2.75, 3.05) is 29.7 Å². The van der Waals surface area contributed by atoms with Crippen LogP contribution in [0.2, 0.25) is 0 Å². The lowest BCUT2D eigenvalue weighted by Crippen LogP contribution is -2.49. The smallest absolute Gasteiger partial charge is 0.247 e. The first-order chi connectivity index (χ1) is 15.4. The number of aryl methyl sites for hydroxylation is 1. The highest BCUT2D eigenvalue weighted by atomic mass is 16.5. The molecule has 1 aliphatic rings. The van der Waals surface area contributed by atoms with Crippen LogP contribution in [0.25, 0.3) is 0 Å². The van der Waals surface area contributed by atoms with E-state index in [1.54, 1.807) is 7.11 Å². The molecule has 168 valence electrons. The van der Waals surface area contributed by atoms with Gasteiger partial charge >= 0.3 is 0 Å². The van der Waals surface area contributed by atoms with Gasteiger partial charge in [-0.3, -0.25) is 9.48 Å². The van der Waals surface area contributed by atoms with E-state index in [0.29, 0.717) is 19.0 Å². The fourth-order valence-electron chi connectivity index (χ4n) is 4.05. The number of hydrogen-bond acceptors (Lipinski definition) is 7. The summed E-state index contributed by atoms with van der Waals surface area (Å²) < 4.78 is 7.03. The fraction of sp³-hybridized carbons (Fsp3) is 0.391. The average Bonchev–Trinajstić information content (AvgIpc) is 3.20. The Morgan fingerprint density at radius 1 is 1.28 bits per heavy atom. The highest BCUT2D eigenvalue weighted by molar-refractivity contribution is 6.04. The van der Waals surface area contributed by atoms with E-state index in [4.69, 9.17) is 4.74 Å². The molecule has 0 aliphatic carbocycles. The number of pyridine rings is 2. The van der Waals surface area contributed by atoms with Crippen molar-refractivity contribution < 1.29 is 9.53 Å². The minimum Gasteiger partial charge on any atom is -0.481 e. The number of hydrogen-bond donors (Lipinski definition) is 2. The van der Waals surface area contributed by atoms with Crippen LogP contribution in [0.15, 0.2) is 36.7 Å². The molecule has 4 heterocycles. The highest BCUT2D eigenvalue weighted by Gasteiger charge is 2.34. The predicted octanol–water partition coefficient (Wildman–Crippen LogP) is 3.06. The Balaban J connectivity index is 1.46. The molecule has 0 unspecified atom stereocenters. The molecular weight excluding hydrogens is 406 g/mol. The topological polar surface area (TPSA) is 97.2 Å². The van der Waals surface area contributed by atoms with Gasteiger partial charge in [0.2, 0.25) is 11.8 Å². The molecule has 1 atom stereocenters. The number of nitrogens with zero attached hydrogens (tertiary/aromatic N) is 5. The monoisotopic (exact) mass is 435 g/mol. The van der Waals surface area contributed by atoms with Crippen molar-refractivity contribution >= 4 is 23.1 Å². The van der Waals surface area contributed by atoms with Crippen LogP contribution in [0.1, 0.15) is 30.8 Å². The van der Waals surface area contributed by atoms with E-state index in [-0.39, 0.29) is 17.9 Å². The highest BCUT2D eigenvalue weighted by Crippen LogP contribution is 2.36. The van der Waals surface area contributed by atoms with Crippen LogP contribution in [-0.2, 0) is 17.9 Å². The summed E-state index contributed by atoms with van der Waals surface area (Å²) in [5.41, 5.74) is 4.44. The molecule has 0 aromatic carbocycles. The molecule has 0 bridgehead atoms. The third-order valence-electron chi connectivity index (χ3n) is 5.60. The van der Waals surface area contributed by atoms with Crippen molar-refractivity contribution in [3.8, 4) is 5.88 Å². The van der Waals surface area contributed by atoms with Gasteiger partial charge in [-0.1, -0.05) is 19.9 Å². The number of aromatic nitrogens is 4. The van der Waals surface area contributed by atoms with Crippen LogP contribution in [-0.4, -0.2) is 45.9 Å². The zero-order valence-electron chi connectivity index (χ0n) is 19.1. The predicted molar refractivity (Wildman–Crippen MR) is 124 cm³/mol. The van der Waals surface area contributed by atoms with Crippen LogP contribution in [0, 0.1) is 12.8 Å². The number of likely N-dealkylation sites (N-methyl/N-ethyl adjacent to an activating group) is 1. The molecule has 9 nitrogen and oxygen atoms in total. The first-order valence-electron chi connectivity index (χ1n) is 10.7. The standard InChI is InChI=1S/C23H29N7O2/c1-14(2)22-23(31)28-21-15(3)26-19(9-18(21)29(22)4)24-10-16-11-25-30(12-16)13-17-7-6-8-20(27-17)32-5/h6-9,11-12,14,22H,10,13H2,1-5H3,(H,24,26)(H,28,31)/t22-/m0/s1. The molecule has 1 amide bonds. The molecule has 3 aromatic rings. The van der Waals surface area contributed by atoms with Crippen molar-refractivity contribution in [2.24, 2.45) is 5.92 Å². The van der Waals surface area contributed by atoms with Crippen molar-refractivity contribution in [3.05, 3.63) is 53.6 Å². The minimum atomic E-state index is -0.208. The zero-order chi connectivity index (χ0) is 22.8. The molecule has 0 radical (unpaired) electrons. The van der Waals surface area contributed by atoms with E-state index in [1.807, 2.05) is 60.2 Å². The number of methoxy groups -OCH3 is 1. The molecule has 3 aromatic heterocycles. The van der Waals surface area contributed by atoms with Gasteiger partial charge in [-0.15, -0.1) is 0 Å².